The van der Waals surface area contributed by atoms with Gasteiger partial charge in [-0.1, -0.05) is 12.1 Å². The Labute approximate surface area is 111 Å². The van der Waals surface area contributed by atoms with Gasteiger partial charge in [-0.3, -0.25) is 9.58 Å². The van der Waals surface area contributed by atoms with Crippen molar-refractivity contribution in [2.45, 2.75) is 6.04 Å². The molecule has 2 aromatic rings. The average molecular weight is 261 g/mol. The Morgan fingerprint density at radius 2 is 2.11 bits per heavy atom. The molecule has 0 aliphatic carbocycles. The molecule has 1 aromatic carbocycles. The number of likely N-dealkylation sites (tertiary alicyclic amines) is 1. The molecule has 2 heterocycles. The number of nitrogens with zero attached hydrogens (tertiary/aromatic N) is 3. The van der Waals surface area contributed by atoms with Gasteiger partial charge in [-0.25, -0.2) is 4.39 Å². The van der Waals surface area contributed by atoms with Crippen molar-refractivity contribution in [2.24, 2.45) is 0 Å². The third-order valence-corrected chi connectivity index (χ3v) is 3.34. The van der Waals surface area contributed by atoms with Gasteiger partial charge in [-0.2, -0.15) is 5.10 Å². The van der Waals surface area contributed by atoms with Crippen molar-refractivity contribution in [3.63, 3.8) is 0 Å². The van der Waals surface area contributed by atoms with Crippen LogP contribution in [0, 0.1) is 5.82 Å². The maximum absolute atomic E-state index is 13.3. The van der Waals surface area contributed by atoms with E-state index in [0.717, 1.165) is 19.6 Å². The van der Waals surface area contributed by atoms with Crippen molar-refractivity contribution in [2.75, 3.05) is 26.2 Å². The average Bonchev–Trinajstić information content (AvgIpc) is 2.87. The van der Waals surface area contributed by atoms with Crippen LogP contribution in [0.4, 0.5) is 4.39 Å². The van der Waals surface area contributed by atoms with E-state index >= 15 is 0 Å². The van der Waals surface area contributed by atoms with Crippen LogP contribution in [0.1, 0.15) is 6.04 Å². The topological polar surface area (TPSA) is 30.3 Å². The molecule has 0 N–H and O–H groups in total. The van der Waals surface area contributed by atoms with Gasteiger partial charge >= 0.3 is 0 Å². The molecule has 100 valence electrons. The molecule has 0 spiro atoms. The first-order valence-electron chi connectivity index (χ1n) is 6.42. The fourth-order valence-corrected chi connectivity index (χ4v) is 2.24. The smallest absolute Gasteiger partial charge is 0.165 e. The van der Waals surface area contributed by atoms with Crippen LogP contribution < -0.4 is 4.74 Å². The highest BCUT2D eigenvalue weighted by Gasteiger charge is 2.27. The van der Waals surface area contributed by atoms with Crippen molar-refractivity contribution in [3.05, 3.63) is 48.5 Å². The summed E-state index contributed by atoms with van der Waals surface area (Å²) in [5, 5.41) is 4.22. The summed E-state index contributed by atoms with van der Waals surface area (Å²) in [6.07, 6.45) is 3.78. The lowest BCUT2D eigenvalue weighted by Gasteiger charge is -2.39. The number of halogens is 1. The summed E-state index contributed by atoms with van der Waals surface area (Å²) < 4.78 is 20.7. The monoisotopic (exact) mass is 261 g/mol. The minimum atomic E-state index is -0.305. The van der Waals surface area contributed by atoms with Gasteiger partial charge in [-0.05, 0) is 18.2 Å². The van der Waals surface area contributed by atoms with Gasteiger partial charge in [0.05, 0.1) is 6.04 Å². The van der Waals surface area contributed by atoms with E-state index in [1.54, 1.807) is 24.4 Å². The van der Waals surface area contributed by atoms with E-state index in [2.05, 4.69) is 10.00 Å². The molecule has 3 rings (SSSR count). The van der Waals surface area contributed by atoms with Crippen LogP contribution in [0.15, 0.2) is 42.7 Å². The second kappa shape index (κ2) is 5.40. The Morgan fingerprint density at radius 3 is 2.84 bits per heavy atom. The van der Waals surface area contributed by atoms with Gasteiger partial charge in [0.15, 0.2) is 11.6 Å². The molecule has 1 aromatic heterocycles. The lowest BCUT2D eigenvalue weighted by Crippen LogP contribution is -2.49. The lowest BCUT2D eigenvalue weighted by atomic mass is 10.1. The molecule has 0 radical (unpaired) electrons. The minimum Gasteiger partial charge on any atom is -0.489 e. The molecule has 19 heavy (non-hydrogen) atoms. The fourth-order valence-electron chi connectivity index (χ4n) is 2.24. The fraction of sp³-hybridized carbons (Fsp3) is 0.357. The van der Waals surface area contributed by atoms with Crippen LogP contribution in [0.2, 0.25) is 0 Å². The quantitative estimate of drug-likeness (QED) is 0.824. The largest absolute Gasteiger partial charge is 0.489 e. The van der Waals surface area contributed by atoms with Crippen LogP contribution in [-0.2, 0) is 0 Å². The van der Waals surface area contributed by atoms with E-state index in [1.807, 2.05) is 16.9 Å². The molecule has 5 heteroatoms. The van der Waals surface area contributed by atoms with E-state index < -0.39 is 0 Å². The van der Waals surface area contributed by atoms with Crippen molar-refractivity contribution in [3.8, 4) is 5.75 Å². The molecule has 0 unspecified atom stereocenters. The molecule has 0 atom stereocenters. The Bertz CT molecular complexity index is 523. The molecular formula is C14H16FN3O. The van der Waals surface area contributed by atoms with Crippen LogP contribution >= 0.6 is 0 Å². The van der Waals surface area contributed by atoms with Crippen LogP contribution in [0.5, 0.6) is 5.75 Å². The molecule has 1 aliphatic rings. The van der Waals surface area contributed by atoms with E-state index in [9.17, 15) is 4.39 Å². The van der Waals surface area contributed by atoms with Gasteiger partial charge in [0, 0.05) is 32.0 Å². The summed E-state index contributed by atoms with van der Waals surface area (Å²) in [7, 11) is 0. The minimum absolute atomic E-state index is 0.305. The Balaban J connectivity index is 1.40. The zero-order valence-corrected chi connectivity index (χ0v) is 10.6. The second-order valence-corrected chi connectivity index (χ2v) is 4.68. The normalized spacial score (nSPS) is 16.3. The third kappa shape index (κ3) is 2.76. The van der Waals surface area contributed by atoms with Gasteiger partial charge < -0.3 is 4.74 Å². The van der Waals surface area contributed by atoms with Crippen LogP contribution in [0.25, 0.3) is 0 Å². The number of rotatable bonds is 5. The number of hydrogen-bond acceptors (Lipinski definition) is 3. The number of benzene rings is 1. The van der Waals surface area contributed by atoms with Gasteiger partial charge in [-0.15, -0.1) is 0 Å². The molecule has 1 fully saturated rings. The molecule has 1 saturated heterocycles. The van der Waals surface area contributed by atoms with E-state index in [0.29, 0.717) is 18.4 Å². The zero-order chi connectivity index (χ0) is 13.1. The van der Waals surface area contributed by atoms with Crippen molar-refractivity contribution in [1.82, 2.24) is 14.7 Å². The summed E-state index contributed by atoms with van der Waals surface area (Å²) >= 11 is 0. The second-order valence-electron chi connectivity index (χ2n) is 4.68. The molecular weight excluding hydrogens is 245 g/mol. The van der Waals surface area contributed by atoms with Crippen molar-refractivity contribution >= 4 is 0 Å². The van der Waals surface area contributed by atoms with E-state index in [4.69, 9.17) is 4.74 Å². The highest BCUT2D eigenvalue weighted by atomic mass is 19.1. The molecule has 4 nitrogen and oxygen atoms in total. The van der Waals surface area contributed by atoms with E-state index in [1.165, 1.54) is 6.07 Å². The maximum atomic E-state index is 13.3. The van der Waals surface area contributed by atoms with E-state index in [-0.39, 0.29) is 5.82 Å². The highest BCUT2D eigenvalue weighted by Crippen LogP contribution is 2.20. The molecule has 0 saturated carbocycles. The molecule has 0 amide bonds. The van der Waals surface area contributed by atoms with Gasteiger partial charge in [0.1, 0.15) is 6.61 Å². The SMILES string of the molecule is Fc1ccccc1OCCN1CC(n2cccn2)C1. The maximum Gasteiger partial charge on any atom is 0.165 e. The summed E-state index contributed by atoms with van der Waals surface area (Å²) in [6.45, 7) is 3.27. The third-order valence-electron chi connectivity index (χ3n) is 3.34. The summed E-state index contributed by atoms with van der Waals surface area (Å²) in [6, 6.07) is 8.89. The highest BCUT2D eigenvalue weighted by molar-refractivity contribution is 5.23. The summed E-state index contributed by atoms with van der Waals surface area (Å²) in [5.41, 5.74) is 0. The first-order valence-corrected chi connectivity index (χ1v) is 6.42. The first kappa shape index (κ1) is 12.2. The number of hydrogen-bond donors (Lipinski definition) is 0. The Hall–Kier alpha value is -1.88. The summed E-state index contributed by atoms with van der Waals surface area (Å²) in [4.78, 5) is 2.27. The number of aromatic nitrogens is 2. The summed E-state index contributed by atoms with van der Waals surface area (Å²) in [5.74, 6) is 0.0205. The predicted molar refractivity (Wildman–Crippen MR) is 69.6 cm³/mol. The van der Waals surface area contributed by atoms with Gasteiger partial charge in [0.2, 0.25) is 0 Å². The van der Waals surface area contributed by atoms with Crippen molar-refractivity contribution in [1.29, 1.82) is 0 Å². The van der Waals surface area contributed by atoms with Crippen LogP contribution in [-0.4, -0.2) is 40.9 Å². The Morgan fingerprint density at radius 1 is 1.26 bits per heavy atom. The Kier molecular flexibility index (Phi) is 3.46. The lowest BCUT2D eigenvalue weighted by molar-refractivity contribution is 0.0810. The first-order chi connectivity index (χ1) is 9.33. The standard InChI is InChI=1S/C14H16FN3O/c15-13-4-1-2-5-14(13)19-9-8-17-10-12(11-17)18-7-3-6-16-18/h1-7,12H,8-11H2. The molecule has 1 aliphatic heterocycles. The van der Waals surface area contributed by atoms with Crippen molar-refractivity contribution < 1.29 is 9.13 Å². The zero-order valence-electron chi connectivity index (χ0n) is 10.6. The molecule has 0 bridgehead atoms. The number of ether oxygens (including phenoxy) is 1. The predicted octanol–water partition coefficient (Wildman–Crippen LogP) is 1.96. The van der Waals surface area contributed by atoms with Gasteiger partial charge in [0.25, 0.3) is 0 Å². The van der Waals surface area contributed by atoms with Crippen LogP contribution in [0.3, 0.4) is 0 Å². The number of para-hydroxylation sites is 1.